The Balaban J connectivity index is 2.21. The van der Waals surface area contributed by atoms with E-state index in [9.17, 15) is 4.79 Å². The highest BCUT2D eigenvalue weighted by Crippen LogP contribution is 2.40. The first-order valence-electron chi connectivity index (χ1n) is 6.39. The van der Waals surface area contributed by atoms with Crippen LogP contribution in [0.25, 0.3) is 0 Å². The summed E-state index contributed by atoms with van der Waals surface area (Å²) in [6.45, 7) is 3.95. The summed E-state index contributed by atoms with van der Waals surface area (Å²) in [7, 11) is 0. The number of nitrogens with zero attached hydrogens (tertiary/aromatic N) is 2. The molecule has 2 heterocycles. The average molecular weight is 239 g/mol. The molecule has 18 heavy (non-hydrogen) atoms. The van der Waals surface area contributed by atoms with Gasteiger partial charge in [-0.1, -0.05) is 24.3 Å². The Bertz CT molecular complexity index is 667. The van der Waals surface area contributed by atoms with Gasteiger partial charge in [0.15, 0.2) is 0 Å². The van der Waals surface area contributed by atoms with E-state index in [0.29, 0.717) is 11.4 Å². The van der Waals surface area contributed by atoms with Gasteiger partial charge in [0, 0.05) is 11.8 Å². The highest BCUT2D eigenvalue weighted by Gasteiger charge is 2.43. The summed E-state index contributed by atoms with van der Waals surface area (Å²) in [5, 5.41) is 0. The predicted molar refractivity (Wildman–Crippen MR) is 70.5 cm³/mol. The molecule has 1 aliphatic heterocycles. The molecular weight excluding hydrogens is 224 g/mol. The Morgan fingerprint density at radius 2 is 2.00 bits per heavy atom. The molecule has 1 amide bonds. The van der Waals surface area contributed by atoms with Crippen molar-refractivity contribution in [3.05, 3.63) is 59.8 Å². The standard InChI is InChI=1S/C15H14N2O/c1-15(2)12-8-4-3-7-11(12)14(18)17(15)13-9-5-6-10-16-13/h3-10H,1-2H3/i9D. The van der Waals surface area contributed by atoms with Crippen LogP contribution in [-0.2, 0) is 5.54 Å². The van der Waals surface area contributed by atoms with E-state index >= 15 is 0 Å². The molecule has 1 aromatic heterocycles. The van der Waals surface area contributed by atoms with Crippen LogP contribution in [0, 0.1) is 0 Å². The van der Waals surface area contributed by atoms with Crippen molar-refractivity contribution in [1.29, 1.82) is 0 Å². The van der Waals surface area contributed by atoms with Gasteiger partial charge in [-0.25, -0.2) is 4.98 Å². The van der Waals surface area contributed by atoms with E-state index in [4.69, 9.17) is 1.37 Å². The summed E-state index contributed by atoms with van der Waals surface area (Å²) in [6, 6.07) is 11.2. The third-order valence-corrected chi connectivity index (χ3v) is 3.38. The third-order valence-electron chi connectivity index (χ3n) is 3.38. The molecule has 0 atom stereocenters. The van der Waals surface area contributed by atoms with Gasteiger partial charge in [-0.3, -0.25) is 9.69 Å². The van der Waals surface area contributed by atoms with Crippen molar-refractivity contribution in [3.63, 3.8) is 0 Å². The van der Waals surface area contributed by atoms with Crippen molar-refractivity contribution < 1.29 is 6.17 Å². The molecule has 0 N–H and O–H groups in total. The zero-order valence-corrected chi connectivity index (χ0v) is 10.3. The number of amides is 1. The number of aromatic nitrogens is 1. The molecule has 0 spiro atoms. The molecular formula is C15H14N2O. The number of rotatable bonds is 1. The van der Waals surface area contributed by atoms with Crippen LogP contribution in [0.1, 0.15) is 31.1 Å². The first-order chi connectivity index (χ1) is 9.03. The number of fused-ring (bicyclic) bond motifs is 1. The van der Waals surface area contributed by atoms with Crippen LogP contribution in [0.3, 0.4) is 0 Å². The number of carbonyl (C=O) groups excluding carboxylic acids is 1. The van der Waals surface area contributed by atoms with Crippen molar-refractivity contribution in [3.8, 4) is 0 Å². The van der Waals surface area contributed by atoms with Crippen LogP contribution >= 0.6 is 0 Å². The summed E-state index contributed by atoms with van der Waals surface area (Å²) < 4.78 is 7.95. The minimum atomic E-state index is -0.488. The molecule has 90 valence electrons. The highest BCUT2D eigenvalue weighted by molar-refractivity contribution is 6.11. The van der Waals surface area contributed by atoms with Gasteiger partial charge in [-0.2, -0.15) is 0 Å². The molecule has 2 aromatic rings. The largest absolute Gasteiger partial charge is 0.283 e. The highest BCUT2D eigenvalue weighted by atomic mass is 16.2. The van der Waals surface area contributed by atoms with Gasteiger partial charge in [-0.15, -0.1) is 0 Å². The molecule has 0 unspecified atom stereocenters. The SMILES string of the molecule is [2H]c1cccnc1N1C(=O)c2ccccc2C1(C)C. The second kappa shape index (κ2) is 3.67. The lowest BCUT2D eigenvalue weighted by molar-refractivity contribution is 0.0981. The van der Waals surface area contributed by atoms with Gasteiger partial charge < -0.3 is 0 Å². The number of hydrogen-bond donors (Lipinski definition) is 0. The van der Waals surface area contributed by atoms with Crippen LogP contribution in [0.4, 0.5) is 5.82 Å². The topological polar surface area (TPSA) is 33.2 Å². The Morgan fingerprint density at radius 3 is 2.72 bits per heavy atom. The lowest BCUT2D eigenvalue weighted by atomic mass is 9.94. The maximum atomic E-state index is 12.6. The fraction of sp³-hybridized carbons (Fsp3) is 0.200. The zero-order valence-electron chi connectivity index (χ0n) is 11.3. The Morgan fingerprint density at radius 1 is 1.22 bits per heavy atom. The molecule has 3 rings (SSSR count). The summed E-state index contributed by atoms with van der Waals surface area (Å²) in [5.41, 5.74) is 1.18. The molecule has 0 saturated heterocycles. The van der Waals surface area contributed by atoms with E-state index in [0.717, 1.165) is 5.56 Å². The van der Waals surface area contributed by atoms with Crippen LogP contribution in [0.5, 0.6) is 0 Å². The van der Waals surface area contributed by atoms with Gasteiger partial charge in [0.1, 0.15) is 5.82 Å². The number of benzene rings is 1. The minimum Gasteiger partial charge on any atom is -0.283 e. The Hall–Kier alpha value is -2.16. The lowest BCUT2D eigenvalue weighted by Gasteiger charge is -2.31. The number of anilines is 1. The van der Waals surface area contributed by atoms with Gasteiger partial charge >= 0.3 is 0 Å². The van der Waals surface area contributed by atoms with E-state index in [1.807, 2.05) is 38.1 Å². The second-order valence-electron chi connectivity index (χ2n) is 4.85. The molecule has 0 aliphatic carbocycles. The van der Waals surface area contributed by atoms with E-state index in [-0.39, 0.29) is 11.9 Å². The lowest BCUT2D eigenvalue weighted by Crippen LogP contribution is -2.39. The number of hydrogen-bond acceptors (Lipinski definition) is 2. The molecule has 1 aliphatic rings. The van der Waals surface area contributed by atoms with Crippen molar-refractivity contribution in [1.82, 2.24) is 4.98 Å². The molecule has 0 saturated carbocycles. The normalized spacial score (nSPS) is 17.6. The van der Waals surface area contributed by atoms with Crippen molar-refractivity contribution >= 4 is 11.7 Å². The van der Waals surface area contributed by atoms with Crippen LogP contribution in [0.2, 0.25) is 0 Å². The molecule has 1 aromatic carbocycles. The monoisotopic (exact) mass is 239 g/mol. The summed E-state index contributed by atoms with van der Waals surface area (Å²) in [6.07, 6.45) is 1.61. The number of carbonyl (C=O) groups is 1. The van der Waals surface area contributed by atoms with Crippen molar-refractivity contribution in [2.75, 3.05) is 4.90 Å². The van der Waals surface area contributed by atoms with E-state index < -0.39 is 5.54 Å². The average Bonchev–Trinajstić information content (AvgIpc) is 2.60. The van der Waals surface area contributed by atoms with Gasteiger partial charge in [-0.05, 0) is 37.6 Å². The van der Waals surface area contributed by atoms with E-state index in [1.165, 1.54) is 0 Å². The summed E-state index contributed by atoms with van der Waals surface area (Å²) in [5.74, 6) is 0.321. The van der Waals surface area contributed by atoms with Crippen molar-refractivity contribution in [2.24, 2.45) is 0 Å². The Labute approximate surface area is 107 Å². The smallest absolute Gasteiger partial charge is 0.260 e. The predicted octanol–water partition coefficient (Wildman–Crippen LogP) is 2.98. The summed E-state index contributed by atoms with van der Waals surface area (Å²) in [4.78, 5) is 18.4. The fourth-order valence-corrected chi connectivity index (χ4v) is 2.50. The van der Waals surface area contributed by atoms with E-state index in [1.54, 1.807) is 23.2 Å². The van der Waals surface area contributed by atoms with Gasteiger partial charge in [0.2, 0.25) is 0 Å². The van der Waals surface area contributed by atoms with E-state index in [2.05, 4.69) is 4.98 Å². The molecule has 3 heteroatoms. The third kappa shape index (κ3) is 1.37. The fourth-order valence-electron chi connectivity index (χ4n) is 2.50. The summed E-state index contributed by atoms with van der Waals surface area (Å²) >= 11 is 0. The van der Waals surface area contributed by atoms with Crippen molar-refractivity contribution in [2.45, 2.75) is 19.4 Å². The van der Waals surface area contributed by atoms with Gasteiger partial charge in [0.25, 0.3) is 5.91 Å². The van der Waals surface area contributed by atoms with Gasteiger partial charge in [0.05, 0.1) is 6.91 Å². The van der Waals surface area contributed by atoms with Crippen LogP contribution in [0.15, 0.2) is 48.6 Å². The molecule has 3 nitrogen and oxygen atoms in total. The Kier molecular flexibility index (Phi) is 2.00. The molecule has 0 fully saturated rings. The van der Waals surface area contributed by atoms with Crippen LogP contribution < -0.4 is 4.90 Å². The molecule has 0 radical (unpaired) electrons. The zero-order chi connectivity index (χ0) is 13.6. The maximum Gasteiger partial charge on any atom is 0.260 e. The first kappa shape index (κ1) is 9.83. The molecule has 0 bridgehead atoms. The second-order valence-corrected chi connectivity index (χ2v) is 4.85. The number of pyridine rings is 1. The van der Waals surface area contributed by atoms with Crippen LogP contribution in [-0.4, -0.2) is 10.9 Å². The maximum absolute atomic E-state index is 12.6. The first-order valence-corrected chi connectivity index (χ1v) is 5.89. The quantitative estimate of drug-likeness (QED) is 0.766. The minimum absolute atomic E-state index is 0.0900.